The Kier molecular flexibility index (Phi) is 2.38. The molecule has 0 spiro atoms. The largest absolute Gasteiger partial charge is 0.309 e. The minimum atomic E-state index is -0.0251. The number of rotatable bonds is 2. The van der Waals surface area contributed by atoms with E-state index in [1.807, 2.05) is 13.0 Å². The molecule has 1 aromatic rings. The van der Waals surface area contributed by atoms with Crippen molar-refractivity contribution in [3.8, 4) is 6.07 Å². The lowest BCUT2D eigenvalue weighted by atomic mass is 10.2. The molecule has 15 heavy (non-hydrogen) atoms. The second kappa shape index (κ2) is 3.70. The highest BCUT2D eigenvalue weighted by Crippen LogP contribution is 2.30. The summed E-state index contributed by atoms with van der Waals surface area (Å²) in [5, 5.41) is 11.5. The first kappa shape index (κ1) is 9.66. The van der Waals surface area contributed by atoms with Crippen molar-refractivity contribution in [2.45, 2.75) is 19.8 Å². The van der Waals surface area contributed by atoms with Gasteiger partial charge in [-0.15, -0.1) is 0 Å². The van der Waals surface area contributed by atoms with Gasteiger partial charge >= 0.3 is 0 Å². The summed E-state index contributed by atoms with van der Waals surface area (Å²) in [6.45, 7) is 1.86. The molecule has 0 radical (unpaired) electrons. The van der Waals surface area contributed by atoms with Gasteiger partial charge in [-0.2, -0.15) is 5.26 Å². The number of pyridine rings is 1. The van der Waals surface area contributed by atoms with Crippen LogP contribution in [-0.2, 0) is 4.79 Å². The van der Waals surface area contributed by atoms with Crippen LogP contribution < -0.4 is 5.32 Å². The number of amides is 1. The van der Waals surface area contributed by atoms with Crippen molar-refractivity contribution in [3.63, 3.8) is 0 Å². The van der Waals surface area contributed by atoms with Crippen LogP contribution in [-0.4, -0.2) is 10.9 Å². The Hall–Kier alpha value is -1.89. The van der Waals surface area contributed by atoms with Crippen molar-refractivity contribution in [1.82, 2.24) is 4.98 Å². The van der Waals surface area contributed by atoms with E-state index in [2.05, 4.69) is 10.3 Å². The van der Waals surface area contributed by atoms with Gasteiger partial charge in [-0.25, -0.2) is 4.98 Å². The third kappa shape index (κ3) is 2.13. The molecule has 1 aromatic heterocycles. The molecule has 1 amide bonds. The van der Waals surface area contributed by atoms with Crippen LogP contribution in [0.2, 0.25) is 0 Å². The molecule has 4 heteroatoms. The number of nitrogens with one attached hydrogen (secondary N) is 1. The van der Waals surface area contributed by atoms with E-state index in [1.54, 1.807) is 12.3 Å². The number of aryl methyl sites for hydroxylation is 1. The van der Waals surface area contributed by atoms with Crippen LogP contribution >= 0.6 is 0 Å². The predicted molar refractivity (Wildman–Crippen MR) is 55.0 cm³/mol. The van der Waals surface area contributed by atoms with Crippen LogP contribution in [0.25, 0.3) is 0 Å². The summed E-state index contributed by atoms with van der Waals surface area (Å²) in [5.74, 6) is 0.475. The summed E-state index contributed by atoms with van der Waals surface area (Å²) in [6.07, 6.45) is 3.53. The third-order valence-electron chi connectivity index (χ3n) is 2.33. The highest BCUT2D eigenvalue weighted by atomic mass is 16.2. The van der Waals surface area contributed by atoms with Crippen LogP contribution in [0.5, 0.6) is 0 Å². The van der Waals surface area contributed by atoms with Gasteiger partial charge in [0.15, 0.2) is 0 Å². The van der Waals surface area contributed by atoms with E-state index < -0.39 is 0 Å². The first-order valence-electron chi connectivity index (χ1n) is 4.88. The van der Waals surface area contributed by atoms with E-state index in [4.69, 9.17) is 5.26 Å². The molecule has 1 fully saturated rings. The maximum atomic E-state index is 11.5. The molecule has 2 rings (SSSR count). The molecular formula is C11H11N3O. The van der Waals surface area contributed by atoms with Gasteiger partial charge in [0.2, 0.25) is 5.91 Å². The second-order valence-corrected chi connectivity index (χ2v) is 3.78. The first-order chi connectivity index (χ1) is 7.20. The molecule has 0 saturated heterocycles. The highest BCUT2D eigenvalue weighted by Gasteiger charge is 2.30. The number of aromatic nitrogens is 1. The van der Waals surface area contributed by atoms with Gasteiger partial charge in [0.05, 0.1) is 5.56 Å². The topological polar surface area (TPSA) is 65.8 Å². The zero-order valence-corrected chi connectivity index (χ0v) is 8.45. The van der Waals surface area contributed by atoms with E-state index in [0.717, 1.165) is 18.4 Å². The van der Waals surface area contributed by atoms with Crippen LogP contribution in [0, 0.1) is 24.2 Å². The van der Waals surface area contributed by atoms with E-state index in [0.29, 0.717) is 11.4 Å². The summed E-state index contributed by atoms with van der Waals surface area (Å²) in [6, 6.07) is 3.74. The average molecular weight is 201 g/mol. The molecule has 1 aliphatic rings. The highest BCUT2D eigenvalue weighted by molar-refractivity contribution is 5.94. The van der Waals surface area contributed by atoms with Gasteiger partial charge in [-0.05, 0) is 31.4 Å². The SMILES string of the molecule is Cc1cnc(NC(=O)C2CC2)c(C#N)c1. The van der Waals surface area contributed by atoms with Crippen molar-refractivity contribution < 1.29 is 4.79 Å². The summed E-state index contributed by atoms with van der Waals surface area (Å²) in [7, 11) is 0. The zero-order valence-electron chi connectivity index (χ0n) is 8.45. The van der Waals surface area contributed by atoms with Crippen molar-refractivity contribution in [1.29, 1.82) is 5.26 Å². The minimum Gasteiger partial charge on any atom is -0.309 e. The Morgan fingerprint density at radius 1 is 1.67 bits per heavy atom. The number of nitrogens with zero attached hydrogens (tertiary/aromatic N) is 2. The summed E-state index contributed by atoms with van der Waals surface area (Å²) < 4.78 is 0. The molecule has 1 aliphatic carbocycles. The number of carbonyl (C=O) groups is 1. The summed E-state index contributed by atoms with van der Waals surface area (Å²) >= 11 is 0. The Bertz CT molecular complexity index is 444. The number of anilines is 1. The Morgan fingerprint density at radius 2 is 2.40 bits per heavy atom. The van der Waals surface area contributed by atoms with Crippen molar-refractivity contribution in [2.75, 3.05) is 5.32 Å². The second-order valence-electron chi connectivity index (χ2n) is 3.78. The van der Waals surface area contributed by atoms with E-state index >= 15 is 0 Å². The van der Waals surface area contributed by atoms with Gasteiger partial charge in [-0.1, -0.05) is 0 Å². The number of hydrogen-bond acceptors (Lipinski definition) is 3. The number of hydrogen-bond donors (Lipinski definition) is 1. The third-order valence-corrected chi connectivity index (χ3v) is 2.33. The molecule has 0 bridgehead atoms. The van der Waals surface area contributed by atoms with Gasteiger partial charge in [-0.3, -0.25) is 4.79 Å². The molecule has 0 atom stereocenters. The lowest BCUT2D eigenvalue weighted by Crippen LogP contribution is -2.15. The quantitative estimate of drug-likeness (QED) is 0.790. The molecule has 1 saturated carbocycles. The van der Waals surface area contributed by atoms with Gasteiger partial charge in [0.1, 0.15) is 11.9 Å². The molecule has 1 N–H and O–H groups in total. The standard InChI is InChI=1S/C11H11N3O/c1-7-4-9(5-12)10(13-6-7)14-11(15)8-2-3-8/h4,6,8H,2-3H2,1H3,(H,13,14,15). The number of carbonyl (C=O) groups excluding carboxylic acids is 1. The zero-order chi connectivity index (χ0) is 10.8. The fourth-order valence-electron chi connectivity index (χ4n) is 1.32. The molecule has 1 heterocycles. The Labute approximate surface area is 87.9 Å². The summed E-state index contributed by atoms with van der Waals surface area (Å²) in [5.41, 5.74) is 1.33. The van der Waals surface area contributed by atoms with Crippen LogP contribution in [0.4, 0.5) is 5.82 Å². The monoisotopic (exact) mass is 201 g/mol. The number of nitriles is 1. The molecule has 4 nitrogen and oxygen atoms in total. The molecule has 0 aliphatic heterocycles. The van der Waals surface area contributed by atoms with Crippen molar-refractivity contribution in [3.05, 3.63) is 23.4 Å². The first-order valence-corrected chi connectivity index (χ1v) is 4.88. The van der Waals surface area contributed by atoms with E-state index in [-0.39, 0.29) is 11.8 Å². The molecule has 0 aromatic carbocycles. The molecule has 0 unspecified atom stereocenters. The lowest BCUT2D eigenvalue weighted by molar-refractivity contribution is -0.117. The molecular weight excluding hydrogens is 190 g/mol. The van der Waals surface area contributed by atoms with Crippen LogP contribution in [0.15, 0.2) is 12.3 Å². The van der Waals surface area contributed by atoms with E-state index in [9.17, 15) is 4.79 Å². The fraction of sp³-hybridized carbons (Fsp3) is 0.364. The lowest BCUT2D eigenvalue weighted by Gasteiger charge is -2.05. The fourth-order valence-corrected chi connectivity index (χ4v) is 1.32. The minimum absolute atomic E-state index is 0.0251. The van der Waals surface area contributed by atoms with Crippen LogP contribution in [0.3, 0.4) is 0 Å². The summed E-state index contributed by atoms with van der Waals surface area (Å²) in [4.78, 5) is 15.5. The van der Waals surface area contributed by atoms with Gasteiger partial charge in [0.25, 0.3) is 0 Å². The predicted octanol–water partition coefficient (Wildman–Crippen LogP) is 1.61. The van der Waals surface area contributed by atoms with Crippen LogP contribution in [0.1, 0.15) is 24.0 Å². The average Bonchev–Trinajstić information content (AvgIpc) is 3.04. The maximum Gasteiger partial charge on any atom is 0.228 e. The molecule has 76 valence electrons. The van der Waals surface area contributed by atoms with Gasteiger partial charge < -0.3 is 5.32 Å². The van der Waals surface area contributed by atoms with Crippen molar-refractivity contribution >= 4 is 11.7 Å². The van der Waals surface area contributed by atoms with Gasteiger partial charge in [0, 0.05) is 12.1 Å². The Balaban J connectivity index is 2.20. The maximum absolute atomic E-state index is 11.5. The normalized spacial score (nSPS) is 14.4. The smallest absolute Gasteiger partial charge is 0.228 e. The van der Waals surface area contributed by atoms with Crippen molar-refractivity contribution in [2.24, 2.45) is 5.92 Å². The van der Waals surface area contributed by atoms with E-state index in [1.165, 1.54) is 0 Å². The Morgan fingerprint density at radius 3 is 3.00 bits per heavy atom.